The highest BCUT2D eigenvalue weighted by molar-refractivity contribution is 7.91. The number of hydrogen-bond acceptors (Lipinski definition) is 5. The average molecular weight is 331 g/mol. The van der Waals surface area contributed by atoms with Gasteiger partial charge in [-0.05, 0) is 25.5 Å². The van der Waals surface area contributed by atoms with Gasteiger partial charge in [0.05, 0.1) is 12.0 Å². The first-order valence-corrected chi connectivity index (χ1v) is 9.00. The second-order valence-corrected chi connectivity index (χ2v) is 9.10. The highest BCUT2D eigenvalue weighted by Crippen LogP contribution is 2.44. The van der Waals surface area contributed by atoms with Gasteiger partial charge in [-0.3, -0.25) is 4.79 Å². The first kappa shape index (κ1) is 15.0. The van der Waals surface area contributed by atoms with E-state index in [0.717, 1.165) is 4.88 Å². The Morgan fingerprint density at radius 2 is 2.29 bits per heavy atom. The van der Waals surface area contributed by atoms with Gasteiger partial charge in [-0.2, -0.15) is 4.31 Å². The van der Waals surface area contributed by atoms with Crippen molar-refractivity contribution >= 4 is 27.3 Å². The number of rotatable bonds is 3. The Morgan fingerprint density at radius 3 is 2.86 bits per heavy atom. The lowest BCUT2D eigenvalue weighted by Gasteiger charge is -2.34. The van der Waals surface area contributed by atoms with Gasteiger partial charge in [0.2, 0.25) is 0 Å². The Bertz CT molecular complexity index is 668. The normalized spacial score (nSPS) is 30.2. The number of carboxylic acid groups (broad SMARTS) is 1. The van der Waals surface area contributed by atoms with Crippen LogP contribution in [0, 0.1) is 18.3 Å². The molecule has 0 bridgehead atoms. The molecule has 2 atom stereocenters. The van der Waals surface area contributed by atoms with Crippen molar-refractivity contribution in [2.75, 3.05) is 26.3 Å². The van der Waals surface area contributed by atoms with E-state index < -0.39 is 21.4 Å². The molecule has 116 valence electrons. The highest BCUT2D eigenvalue weighted by Gasteiger charge is 2.56. The van der Waals surface area contributed by atoms with Crippen molar-refractivity contribution < 1.29 is 23.1 Å². The maximum atomic E-state index is 12.7. The van der Waals surface area contributed by atoms with Crippen LogP contribution in [0.15, 0.2) is 16.3 Å². The summed E-state index contributed by atoms with van der Waals surface area (Å²) in [6, 6.07) is 3.35. The van der Waals surface area contributed by atoms with Gasteiger partial charge >= 0.3 is 5.97 Å². The van der Waals surface area contributed by atoms with Gasteiger partial charge in [-0.1, -0.05) is 0 Å². The molecular weight excluding hydrogens is 314 g/mol. The van der Waals surface area contributed by atoms with E-state index in [0.29, 0.717) is 19.6 Å². The lowest BCUT2D eigenvalue weighted by atomic mass is 9.74. The number of fused-ring (bicyclic) bond motifs is 1. The second kappa shape index (κ2) is 5.05. The van der Waals surface area contributed by atoms with Crippen LogP contribution >= 0.6 is 11.3 Å². The molecule has 8 heteroatoms. The number of carboxylic acids is 1. The molecular formula is C13H17NO5S2. The van der Waals surface area contributed by atoms with E-state index in [4.69, 9.17) is 4.74 Å². The molecule has 1 aromatic heterocycles. The van der Waals surface area contributed by atoms with Gasteiger partial charge in [0.15, 0.2) is 0 Å². The molecule has 2 aliphatic rings. The third-order valence-corrected chi connectivity index (χ3v) is 7.69. The summed E-state index contributed by atoms with van der Waals surface area (Å²) < 4.78 is 32.3. The fraction of sp³-hybridized carbons (Fsp3) is 0.615. The summed E-state index contributed by atoms with van der Waals surface area (Å²) in [5, 5.41) is 9.58. The van der Waals surface area contributed by atoms with Crippen LogP contribution in [-0.2, 0) is 19.6 Å². The Balaban J connectivity index is 1.93. The molecule has 0 radical (unpaired) electrons. The van der Waals surface area contributed by atoms with E-state index in [-0.39, 0.29) is 23.2 Å². The number of ether oxygens (including phenoxy) is 1. The Labute approximate surface area is 127 Å². The van der Waals surface area contributed by atoms with Gasteiger partial charge in [0, 0.05) is 30.5 Å². The minimum Gasteiger partial charge on any atom is -0.481 e. The van der Waals surface area contributed by atoms with Crippen LogP contribution in [0.3, 0.4) is 0 Å². The van der Waals surface area contributed by atoms with Crippen molar-refractivity contribution in [3.05, 3.63) is 17.0 Å². The summed E-state index contributed by atoms with van der Waals surface area (Å²) in [4.78, 5) is 12.6. The lowest BCUT2D eigenvalue weighted by Crippen LogP contribution is -2.45. The van der Waals surface area contributed by atoms with E-state index in [1.165, 1.54) is 15.6 Å². The quantitative estimate of drug-likeness (QED) is 0.899. The molecule has 0 amide bonds. The van der Waals surface area contributed by atoms with Crippen LogP contribution in [0.4, 0.5) is 0 Å². The van der Waals surface area contributed by atoms with Gasteiger partial charge < -0.3 is 9.84 Å². The average Bonchev–Trinajstić information content (AvgIpc) is 3.03. The van der Waals surface area contributed by atoms with Crippen molar-refractivity contribution in [3.63, 3.8) is 0 Å². The number of aliphatic carboxylic acids is 1. The molecule has 21 heavy (non-hydrogen) atoms. The predicted molar refractivity (Wildman–Crippen MR) is 76.8 cm³/mol. The van der Waals surface area contributed by atoms with E-state index in [1.54, 1.807) is 12.1 Å². The molecule has 2 aliphatic heterocycles. The van der Waals surface area contributed by atoms with Crippen LogP contribution in [0.2, 0.25) is 0 Å². The van der Waals surface area contributed by atoms with E-state index in [1.807, 2.05) is 6.92 Å². The highest BCUT2D eigenvalue weighted by atomic mass is 32.2. The molecule has 3 heterocycles. The van der Waals surface area contributed by atoms with Gasteiger partial charge in [0.1, 0.15) is 4.21 Å². The molecule has 0 aromatic carbocycles. The molecule has 0 unspecified atom stereocenters. The summed E-state index contributed by atoms with van der Waals surface area (Å²) in [5.41, 5.74) is -1.00. The van der Waals surface area contributed by atoms with Crippen LogP contribution in [0.1, 0.15) is 11.3 Å². The summed E-state index contributed by atoms with van der Waals surface area (Å²) in [5.74, 6) is -1.20. The zero-order chi connectivity index (χ0) is 15.3. The number of nitrogens with zero attached hydrogens (tertiary/aromatic N) is 1. The predicted octanol–water partition coefficient (Wildman–Crippen LogP) is 1.17. The number of thiophene rings is 1. The maximum Gasteiger partial charge on any atom is 0.311 e. The second-order valence-electron chi connectivity index (χ2n) is 5.65. The molecule has 2 fully saturated rings. The Hall–Kier alpha value is -0.960. The largest absolute Gasteiger partial charge is 0.481 e. The zero-order valence-corrected chi connectivity index (χ0v) is 13.2. The third-order valence-electron chi connectivity index (χ3n) is 4.41. The Morgan fingerprint density at radius 1 is 1.52 bits per heavy atom. The number of carbonyl (C=O) groups is 1. The smallest absolute Gasteiger partial charge is 0.311 e. The van der Waals surface area contributed by atoms with E-state index >= 15 is 0 Å². The molecule has 1 aromatic rings. The first-order valence-electron chi connectivity index (χ1n) is 6.74. The number of aryl methyl sites for hydroxylation is 1. The summed E-state index contributed by atoms with van der Waals surface area (Å²) >= 11 is 1.21. The van der Waals surface area contributed by atoms with Crippen LogP contribution in [0.5, 0.6) is 0 Å². The minimum atomic E-state index is -3.61. The third kappa shape index (κ3) is 2.30. The fourth-order valence-corrected chi connectivity index (χ4v) is 6.11. The number of sulfonamides is 1. The zero-order valence-electron chi connectivity index (χ0n) is 11.6. The van der Waals surface area contributed by atoms with E-state index in [2.05, 4.69) is 0 Å². The molecule has 6 nitrogen and oxygen atoms in total. The summed E-state index contributed by atoms with van der Waals surface area (Å²) in [7, 11) is -3.61. The molecule has 0 aliphatic carbocycles. The summed E-state index contributed by atoms with van der Waals surface area (Å²) in [6.45, 7) is 2.78. The fourth-order valence-electron chi connectivity index (χ4n) is 3.11. The molecule has 2 saturated heterocycles. The molecule has 0 saturated carbocycles. The van der Waals surface area contributed by atoms with Crippen LogP contribution in [0.25, 0.3) is 0 Å². The lowest BCUT2D eigenvalue weighted by molar-refractivity contribution is -0.157. The maximum absolute atomic E-state index is 12.7. The first-order chi connectivity index (χ1) is 9.86. The molecule has 0 spiro atoms. The SMILES string of the molecule is Cc1ccc(S(=O)(=O)N2C[C@@H]3COCC[C@]3(C(=O)O)C2)s1. The standard InChI is InChI=1S/C13H17NO5S2/c1-9-2-3-11(20-9)21(17,18)14-6-10-7-19-5-4-13(10,8-14)12(15)16/h2-3,10H,4-8H2,1H3,(H,15,16)/t10-,13+/m1/s1. The van der Waals surface area contributed by atoms with Crippen molar-refractivity contribution in [2.45, 2.75) is 17.6 Å². The van der Waals surface area contributed by atoms with Crippen LogP contribution < -0.4 is 0 Å². The van der Waals surface area contributed by atoms with Crippen molar-refractivity contribution in [3.8, 4) is 0 Å². The molecule has 3 rings (SSSR count). The van der Waals surface area contributed by atoms with Crippen molar-refractivity contribution in [2.24, 2.45) is 11.3 Å². The van der Waals surface area contributed by atoms with Crippen LogP contribution in [-0.4, -0.2) is 50.1 Å². The Kier molecular flexibility index (Phi) is 3.59. The topological polar surface area (TPSA) is 83.9 Å². The molecule has 1 N–H and O–H groups in total. The van der Waals surface area contributed by atoms with Crippen molar-refractivity contribution in [1.82, 2.24) is 4.31 Å². The van der Waals surface area contributed by atoms with Gasteiger partial charge in [-0.25, -0.2) is 8.42 Å². The van der Waals surface area contributed by atoms with E-state index in [9.17, 15) is 18.3 Å². The number of hydrogen-bond donors (Lipinski definition) is 1. The van der Waals surface area contributed by atoms with Gasteiger partial charge in [0.25, 0.3) is 10.0 Å². The van der Waals surface area contributed by atoms with Crippen molar-refractivity contribution in [1.29, 1.82) is 0 Å². The minimum absolute atomic E-state index is 0.0373. The summed E-state index contributed by atoms with van der Waals surface area (Å²) in [6.07, 6.45) is 0.364. The van der Waals surface area contributed by atoms with Gasteiger partial charge in [-0.15, -0.1) is 11.3 Å². The monoisotopic (exact) mass is 331 g/mol.